The number of carbonyl (C=O) groups is 1. The number of anilines is 1. The van der Waals surface area contributed by atoms with Crippen LogP contribution in [-0.4, -0.2) is 32.6 Å². The molecule has 0 aliphatic rings. The van der Waals surface area contributed by atoms with Gasteiger partial charge in [0, 0.05) is 20.6 Å². The molecule has 0 bridgehead atoms. The van der Waals surface area contributed by atoms with Gasteiger partial charge in [-0.3, -0.25) is 15.2 Å². The van der Waals surface area contributed by atoms with Gasteiger partial charge in [-0.05, 0) is 31.4 Å². The average molecular weight is 276 g/mol. The number of aliphatic imine (C=N–C) groups is 1. The molecule has 5 nitrogen and oxygen atoms in total. The quantitative estimate of drug-likeness (QED) is 0.657. The number of carbonyl (C=O) groups excluding carboxylic acids is 1. The van der Waals surface area contributed by atoms with Crippen LogP contribution >= 0.6 is 0 Å². The van der Waals surface area contributed by atoms with Crippen LogP contribution in [0.5, 0.6) is 0 Å². The van der Waals surface area contributed by atoms with Crippen LogP contribution in [0.2, 0.25) is 0 Å². The molecule has 2 N–H and O–H groups in total. The Bertz CT molecular complexity index is 497. The summed E-state index contributed by atoms with van der Waals surface area (Å²) in [5.74, 6) is 0.482. The van der Waals surface area contributed by atoms with Crippen LogP contribution in [0, 0.1) is 6.92 Å². The zero-order chi connectivity index (χ0) is 15.1. The van der Waals surface area contributed by atoms with Gasteiger partial charge in [-0.15, -0.1) is 0 Å². The van der Waals surface area contributed by atoms with E-state index in [4.69, 9.17) is 0 Å². The van der Waals surface area contributed by atoms with E-state index >= 15 is 0 Å². The van der Waals surface area contributed by atoms with E-state index in [1.54, 1.807) is 19.0 Å². The van der Waals surface area contributed by atoms with Crippen molar-refractivity contribution in [2.24, 2.45) is 4.99 Å². The molecular weight excluding hydrogens is 252 g/mol. The Labute approximate surface area is 121 Å². The number of rotatable bonds is 3. The number of nitrogens with zero attached hydrogens (tertiary/aromatic N) is 2. The maximum atomic E-state index is 12.3. The van der Waals surface area contributed by atoms with E-state index < -0.39 is 0 Å². The van der Waals surface area contributed by atoms with Crippen molar-refractivity contribution in [1.82, 2.24) is 10.6 Å². The standard InChI is InChI=1S/C15H24N4O/c1-6-12-10-8-9-11(3)13(12)19(5)15(20)18-14(16-4)17-7-2/h8-10H,6-7H2,1-5H3,(H2,16,17,18,20). The third-order valence-corrected chi connectivity index (χ3v) is 3.12. The van der Waals surface area contributed by atoms with E-state index in [2.05, 4.69) is 22.5 Å². The van der Waals surface area contributed by atoms with Gasteiger partial charge in [0.25, 0.3) is 0 Å². The minimum atomic E-state index is -0.199. The van der Waals surface area contributed by atoms with Crippen LogP contribution in [0.3, 0.4) is 0 Å². The molecule has 1 rings (SSSR count). The maximum Gasteiger partial charge on any atom is 0.328 e. The second-order valence-corrected chi connectivity index (χ2v) is 4.50. The fraction of sp³-hybridized carbons (Fsp3) is 0.467. The monoisotopic (exact) mass is 276 g/mol. The summed E-state index contributed by atoms with van der Waals surface area (Å²) in [6, 6.07) is 5.87. The number of aryl methyl sites for hydroxylation is 2. The predicted octanol–water partition coefficient (Wildman–Crippen LogP) is 2.30. The molecule has 0 aliphatic carbocycles. The smallest absolute Gasteiger partial charge is 0.328 e. The molecule has 0 radical (unpaired) electrons. The zero-order valence-electron chi connectivity index (χ0n) is 12.9. The summed E-state index contributed by atoms with van der Waals surface area (Å²) in [5.41, 5.74) is 3.20. The normalized spacial score (nSPS) is 11.2. The molecule has 1 aromatic carbocycles. The Hall–Kier alpha value is -2.04. The van der Waals surface area contributed by atoms with Gasteiger partial charge in [0.1, 0.15) is 0 Å². The molecule has 0 saturated heterocycles. The van der Waals surface area contributed by atoms with Crippen molar-refractivity contribution in [3.8, 4) is 0 Å². The van der Waals surface area contributed by atoms with Crippen LogP contribution in [0.25, 0.3) is 0 Å². The van der Waals surface area contributed by atoms with Crippen LogP contribution in [0.15, 0.2) is 23.2 Å². The van der Waals surface area contributed by atoms with Gasteiger partial charge in [-0.1, -0.05) is 25.1 Å². The Balaban J connectivity index is 2.98. The summed E-state index contributed by atoms with van der Waals surface area (Å²) >= 11 is 0. The number of nitrogens with one attached hydrogen (secondary N) is 2. The highest BCUT2D eigenvalue weighted by Gasteiger charge is 2.16. The number of hydrogen-bond acceptors (Lipinski definition) is 2. The largest absolute Gasteiger partial charge is 0.359 e. The van der Waals surface area contributed by atoms with Crippen molar-refractivity contribution in [3.05, 3.63) is 29.3 Å². The lowest BCUT2D eigenvalue weighted by molar-refractivity contribution is 0.251. The third kappa shape index (κ3) is 3.73. The van der Waals surface area contributed by atoms with Gasteiger partial charge < -0.3 is 5.32 Å². The van der Waals surface area contributed by atoms with E-state index in [9.17, 15) is 4.79 Å². The molecule has 2 amide bonds. The number of benzene rings is 1. The van der Waals surface area contributed by atoms with Crippen LogP contribution in [0.4, 0.5) is 10.5 Å². The molecule has 0 aromatic heterocycles. The van der Waals surface area contributed by atoms with Gasteiger partial charge in [0.15, 0.2) is 5.96 Å². The molecule has 1 aromatic rings. The van der Waals surface area contributed by atoms with Crippen LogP contribution < -0.4 is 15.5 Å². The number of hydrogen-bond donors (Lipinski definition) is 2. The first-order chi connectivity index (χ1) is 9.54. The molecule has 20 heavy (non-hydrogen) atoms. The first-order valence-corrected chi connectivity index (χ1v) is 6.90. The first-order valence-electron chi connectivity index (χ1n) is 6.90. The van der Waals surface area contributed by atoms with E-state index in [1.165, 1.54) is 0 Å². The number of para-hydroxylation sites is 1. The molecule has 0 aliphatic heterocycles. The highest BCUT2D eigenvalue weighted by molar-refractivity contribution is 6.04. The molecular formula is C15H24N4O. The van der Waals surface area contributed by atoms with Crippen molar-refractivity contribution in [2.75, 3.05) is 25.5 Å². The lowest BCUT2D eigenvalue weighted by atomic mass is 10.1. The summed E-state index contributed by atoms with van der Waals surface area (Å²) < 4.78 is 0. The summed E-state index contributed by atoms with van der Waals surface area (Å²) in [6.07, 6.45) is 0.885. The fourth-order valence-electron chi connectivity index (χ4n) is 2.11. The predicted molar refractivity (Wildman–Crippen MR) is 84.5 cm³/mol. The topological polar surface area (TPSA) is 56.7 Å². The molecule has 0 heterocycles. The minimum absolute atomic E-state index is 0.199. The highest BCUT2D eigenvalue weighted by atomic mass is 16.2. The number of urea groups is 1. The van der Waals surface area contributed by atoms with Gasteiger partial charge in [0.2, 0.25) is 0 Å². The average Bonchev–Trinajstić information content (AvgIpc) is 2.45. The fourth-order valence-corrected chi connectivity index (χ4v) is 2.11. The summed E-state index contributed by atoms with van der Waals surface area (Å²) in [6.45, 7) is 6.63. The van der Waals surface area contributed by atoms with E-state index in [-0.39, 0.29) is 6.03 Å². The second kappa shape index (κ2) is 7.53. The molecule has 0 spiro atoms. The summed E-state index contributed by atoms with van der Waals surface area (Å²) in [4.78, 5) is 18.1. The minimum Gasteiger partial charge on any atom is -0.359 e. The molecule has 0 saturated carbocycles. The Morgan fingerprint density at radius 1 is 1.35 bits per heavy atom. The van der Waals surface area contributed by atoms with Crippen LogP contribution in [0.1, 0.15) is 25.0 Å². The highest BCUT2D eigenvalue weighted by Crippen LogP contribution is 2.24. The molecule has 5 heteroatoms. The molecule has 0 fully saturated rings. The van der Waals surface area contributed by atoms with Crippen molar-refractivity contribution in [3.63, 3.8) is 0 Å². The van der Waals surface area contributed by atoms with E-state index in [1.807, 2.05) is 32.0 Å². The molecule has 110 valence electrons. The zero-order valence-corrected chi connectivity index (χ0v) is 12.9. The Morgan fingerprint density at radius 2 is 2.05 bits per heavy atom. The van der Waals surface area contributed by atoms with Gasteiger partial charge in [-0.2, -0.15) is 0 Å². The van der Waals surface area contributed by atoms with E-state index in [0.29, 0.717) is 12.5 Å². The SMILES string of the molecule is CCN=C(NC)NC(=O)N(C)c1c(C)cccc1CC. The molecule has 0 unspecified atom stereocenters. The Morgan fingerprint density at radius 3 is 2.60 bits per heavy atom. The van der Waals surface area contributed by atoms with Gasteiger partial charge in [0.05, 0.1) is 5.69 Å². The number of amides is 2. The maximum absolute atomic E-state index is 12.3. The summed E-state index contributed by atoms with van der Waals surface area (Å²) in [7, 11) is 3.51. The van der Waals surface area contributed by atoms with Gasteiger partial charge in [-0.25, -0.2) is 4.79 Å². The van der Waals surface area contributed by atoms with Gasteiger partial charge >= 0.3 is 6.03 Å². The lowest BCUT2D eigenvalue weighted by Crippen LogP contribution is -2.46. The van der Waals surface area contributed by atoms with Crippen molar-refractivity contribution < 1.29 is 4.79 Å². The summed E-state index contributed by atoms with van der Waals surface area (Å²) in [5, 5.41) is 5.65. The van der Waals surface area contributed by atoms with Crippen molar-refractivity contribution in [1.29, 1.82) is 0 Å². The molecule has 0 atom stereocenters. The second-order valence-electron chi connectivity index (χ2n) is 4.50. The first kappa shape index (κ1) is 16.0. The lowest BCUT2D eigenvalue weighted by Gasteiger charge is -2.23. The third-order valence-electron chi connectivity index (χ3n) is 3.12. The van der Waals surface area contributed by atoms with Crippen molar-refractivity contribution >= 4 is 17.7 Å². The Kier molecular flexibility index (Phi) is 6.03. The van der Waals surface area contributed by atoms with Crippen LogP contribution in [-0.2, 0) is 6.42 Å². The van der Waals surface area contributed by atoms with Crippen molar-refractivity contribution in [2.45, 2.75) is 27.2 Å². The number of guanidine groups is 1. The van der Waals surface area contributed by atoms with E-state index in [0.717, 1.165) is 23.2 Å².